The fraction of sp³-hybridized carbons (Fsp3) is 0.0164. The molecule has 0 unspecified atom stereocenters. The molecule has 0 aliphatic heterocycles. The van der Waals surface area contributed by atoms with E-state index in [1.165, 1.54) is 49.7 Å². The Morgan fingerprint density at radius 2 is 0.922 bits per heavy atom. The van der Waals surface area contributed by atoms with Crippen molar-refractivity contribution in [2.45, 2.75) is 5.41 Å². The summed E-state index contributed by atoms with van der Waals surface area (Å²) in [5.41, 5.74) is 17.9. The quantitative estimate of drug-likeness (QED) is 0.160. The van der Waals surface area contributed by atoms with Gasteiger partial charge in [-0.1, -0.05) is 176 Å². The minimum atomic E-state index is -0.473. The van der Waals surface area contributed by atoms with E-state index < -0.39 is 5.41 Å². The zero-order valence-electron chi connectivity index (χ0n) is 34.9. The summed E-state index contributed by atoms with van der Waals surface area (Å²) in [5.74, 6) is 0. The summed E-state index contributed by atoms with van der Waals surface area (Å²) in [6.07, 6.45) is 0. The fourth-order valence-electron chi connectivity index (χ4n) is 10.9. The Morgan fingerprint density at radius 1 is 0.375 bits per heavy atom. The summed E-state index contributed by atoms with van der Waals surface area (Å²) in [6, 6.07) is 88.1. The van der Waals surface area contributed by atoms with Gasteiger partial charge in [-0.3, -0.25) is 0 Å². The molecule has 2 heterocycles. The molecule has 0 amide bonds. The third-order valence-electron chi connectivity index (χ3n) is 13.4. The minimum Gasteiger partial charge on any atom is -0.456 e. The first-order valence-electron chi connectivity index (χ1n) is 22.0. The lowest BCUT2D eigenvalue weighted by Crippen LogP contribution is -2.28. The van der Waals surface area contributed by atoms with Crippen LogP contribution in [0.4, 0.5) is 17.1 Å². The molecular formula is C61H40N2O. The molecule has 3 heteroatoms. The highest BCUT2D eigenvalue weighted by molar-refractivity contribution is 6.27. The monoisotopic (exact) mass is 816 g/mol. The van der Waals surface area contributed by atoms with Gasteiger partial charge in [0.05, 0.1) is 16.4 Å². The van der Waals surface area contributed by atoms with Crippen molar-refractivity contribution in [3.8, 4) is 27.9 Å². The highest BCUT2D eigenvalue weighted by Crippen LogP contribution is 2.56. The number of nitrogens with zero attached hydrogens (tertiary/aromatic N) is 2. The average Bonchev–Trinajstić information content (AvgIpc) is 4.01. The topological polar surface area (TPSA) is 21.3 Å². The average molecular weight is 817 g/mol. The molecule has 0 spiro atoms. The summed E-state index contributed by atoms with van der Waals surface area (Å²) in [6.45, 7) is 0. The molecule has 3 nitrogen and oxygen atoms in total. The molecule has 10 aromatic carbocycles. The summed E-state index contributed by atoms with van der Waals surface area (Å²) in [7, 11) is 0. The molecule has 0 radical (unpaired) electrons. The lowest BCUT2D eigenvalue weighted by Gasteiger charge is -2.34. The van der Waals surface area contributed by atoms with Crippen LogP contribution >= 0.6 is 0 Å². The molecule has 12 aromatic rings. The van der Waals surface area contributed by atoms with E-state index in [9.17, 15) is 0 Å². The van der Waals surface area contributed by atoms with Crippen molar-refractivity contribution in [3.63, 3.8) is 0 Å². The van der Waals surface area contributed by atoms with E-state index in [2.05, 4.69) is 252 Å². The predicted molar refractivity (Wildman–Crippen MR) is 265 cm³/mol. The van der Waals surface area contributed by atoms with Crippen molar-refractivity contribution in [3.05, 3.63) is 265 Å². The first-order valence-corrected chi connectivity index (χ1v) is 22.0. The van der Waals surface area contributed by atoms with Gasteiger partial charge in [-0.05, 0) is 99.6 Å². The fourth-order valence-corrected chi connectivity index (χ4v) is 10.9. The third-order valence-corrected chi connectivity index (χ3v) is 13.4. The van der Waals surface area contributed by atoms with Crippen molar-refractivity contribution in [1.82, 2.24) is 4.57 Å². The number of fused-ring (bicyclic) bond motifs is 9. The number of aromatic nitrogens is 1. The zero-order chi connectivity index (χ0) is 42.2. The Balaban J connectivity index is 1.07. The van der Waals surface area contributed by atoms with Crippen LogP contribution in [0.15, 0.2) is 247 Å². The molecule has 1 aliphatic rings. The van der Waals surface area contributed by atoms with Crippen LogP contribution < -0.4 is 4.90 Å². The van der Waals surface area contributed by atoms with Crippen LogP contribution in [-0.2, 0) is 5.41 Å². The zero-order valence-corrected chi connectivity index (χ0v) is 34.9. The number of hydrogen-bond acceptors (Lipinski definition) is 2. The molecule has 1 aliphatic carbocycles. The maximum absolute atomic E-state index is 6.69. The van der Waals surface area contributed by atoms with Crippen LogP contribution in [0.5, 0.6) is 0 Å². The van der Waals surface area contributed by atoms with Crippen molar-refractivity contribution < 1.29 is 4.42 Å². The van der Waals surface area contributed by atoms with Gasteiger partial charge in [0, 0.05) is 55.9 Å². The summed E-state index contributed by atoms with van der Waals surface area (Å²) in [4.78, 5) is 2.40. The van der Waals surface area contributed by atoms with E-state index in [1.54, 1.807) is 0 Å². The largest absolute Gasteiger partial charge is 0.456 e. The number of hydrogen-bond donors (Lipinski definition) is 0. The standard InChI is InChI=1S/C61H40N2O/c1-5-19-41(20-6-1)58-59-51-39-47(37-38-54(51)63(45-25-11-4-12-26-45)55(59)40-57-60(58)50-29-15-18-32-56(50)64-57)62(44-23-9-3-10-24-44)46-35-33-43(34-36-46)61(42-21-7-2-8-22-42)52-30-16-13-27-48(52)49-28-14-17-31-53(49)61/h1-40H. The summed E-state index contributed by atoms with van der Waals surface area (Å²) < 4.78 is 9.08. The Kier molecular flexibility index (Phi) is 8.13. The van der Waals surface area contributed by atoms with Crippen molar-refractivity contribution >= 4 is 60.8 Å². The van der Waals surface area contributed by atoms with Crippen LogP contribution in [-0.4, -0.2) is 4.57 Å². The van der Waals surface area contributed by atoms with Crippen LogP contribution in [0.25, 0.3) is 71.7 Å². The van der Waals surface area contributed by atoms with E-state index in [0.29, 0.717) is 0 Å². The molecule has 0 saturated heterocycles. The van der Waals surface area contributed by atoms with Crippen molar-refractivity contribution in [1.29, 1.82) is 0 Å². The maximum atomic E-state index is 6.69. The lowest BCUT2D eigenvalue weighted by atomic mass is 9.68. The molecule has 0 N–H and O–H groups in total. The van der Waals surface area contributed by atoms with Gasteiger partial charge in [0.1, 0.15) is 11.2 Å². The summed E-state index contributed by atoms with van der Waals surface area (Å²) >= 11 is 0. The molecule has 0 fully saturated rings. The van der Waals surface area contributed by atoms with E-state index in [0.717, 1.165) is 61.3 Å². The van der Waals surface area contributed by atoms with E-state index in [-0.39, 0.29) is 0 Å². The van der Waals surface area contributed by atoms with Gasteiger partial charge in [-0.2, -0.15) is 0 Å². The first kappa shape index (κ1) is 36.3. The van der Waals surface area contributed by atoms with E-state index >= 15 is 0 Å². The van der Waals surface area contributed by atoms with Crippen molar-refractivity contribution in [2.75, 3.05) is 4.90 Å². The number of rotatable bonds is 7. The Bertz CT molecular complexity index is 3660. The summed E-state index contributed by atoms with van der Waals surface area (Å²) in [5, 5.41) is 4.60. The number of benzene rings is 10. The second-order valence-corrected chi connectivity index (χ2v) is 16.8. The molecule has 0 atom stereocenters. The predicted octanol–water partition coefficient (Wildman–Crippen LogP) is 16.2. The van der Waals surface area contributed by atoms with Gasteiger partial charge in [0.2, 0.25) is 0 Å². The van der Waals surface area contributed by atoms with Gasteiger partial charge >= 0.3 is 0 Å². The van der Waals surface area contributed by atoms with Gasteiger partial charge < -0.3 is 13.9 Å². The lowest BCUT2D eigenvalue weighted by molar-refractivity contribution is 0.669. The molecule has 2 aromatic heterocycles. The number of anilines is 3. The van der Waals surface area contributed by atoms with Gasteiger partial charge in [-0.15, -0.1) is 0 Å². The normalized spacial score (nSPS) is 12.8. The minimum absolute atomic E-state index is 0.473. The molecule has 0 saturated carbocycles. The first-order chi connectivity index (χ1) is 31.8. The molecule has 64 heavy (non-hydrogen) atoms. The van der Waals surface area contributed by atoms with Crippen LogP contribution in [0, 0.1) is 0 Å². The molecular weight excluding hydrogens is 777 g/mol. The van der Waals surface area contributed by atoms with Crippen LogP contribution in [0.1, 0.15) is 22.3 Å². The van der Waals surface area contributed by atoms with Gasteiger partial charge in [0.15, 0.2) is 0 Å². The second kappa shape index (κ2) is 14.3. The Labute approximate surface area is 371 Å². The van der Waals surface area contributed by atoms with E-state index in [1.807, 2.05) is 0 Å². The molecule has 300 valence electrons. The molecule has 13 rings (SSSR count). The highest BCUT2D eigenvalue weighted by atomic mass is 16.3. The smallest absolute Gasteiger partial charge is 0.138 e. The third kappa shape index (κ3) is 5.28. The Hall–Kier alpha value is -8.40. The number of para-hydroxylation sites is 3. The van der Waals surface area contributed by atoms with Crippen molar-refractivity contribution in [2.24, 2.45) is 0 Å². The number of furan rings is 1. The second-order valence-electron chi connectivity index (χ2n) is 16.8. The molecule has 0 bridgehead atoms. The SMILES string of the molecule is c1ccc(-c2c3c(cc4c2c2cc(N(c5ccccc5)c5ccc(C6(c7ccccc7)c7ccccc7-c7ccccc76)cc5)ccc2n4-c2ccccc2)oc2ccccc23)cc1. The van der Waals surface area contributed by atoms with Crippen LogP contribution in [0.3, 0.4) is 0 Å². The van der Waals surface area contributed by atoms with Crippen LogP contribution in [0.2, 0.25) is 0 Å². The highest BCUT2D eigenvalue weighted by Gasteiger charge is 2.45. The Morgan fingerprint density at radius 3 is 1.62 bits per heavy atom. The van der Waals surface area contributed by atoms with Gasteiger partial charge in [0.25, 0.3) is 0 Å². The van der Waals surface area contributed by atoms with E-state index in [4.69, 9.17) is 4.42 Å². The maximum Gasteiger partial charge on any atom is 0.138 e. The van der Waals surface area contributed by atoms with Gasteiger partial charge in [-0.25, -0.2) is 0 Å².